The van der Waals surface area contributed by atoms with Gasteiger partial charge >= 0.3 is 0 Å². The fourth-order valence-corrected chi connectivity index (χ4v) is 4.67. The number of hydrogen-bond acceptors (Lipinski definition) is 4. The number of fused-ring (bicyclic) bond motifs is 1. The lowest BCUT2D eigenvalue weighted by atomic mass is 10.0. The number of ether oxygens (including phenoxy) is 1. The van der Waals surface area contributed by atoms with Gasteiger partial charge in [-0.05, 0) is 50.5 Å². The molecule has 1 atom stereocenters. The van der Waals surface area contributed by atoms with E-state index in [1.54, 1.807) is 11.3 Å². The number of anilines is 1. The van der Waals surface area contributed by atoms with Crippen LogP contribution in [0.3, 0.4) is 0 Å². The predicted octanol–water partition coefficient (Wildman–Crippen LogP) is 2.49. The summed E-state index contributed by atoms with van der Waals surface area (Å²) in [6.07, 6.45) is 7.00. The van der Waals surface area contributed by atoms with E-state index in [9.17, 15) is 9.59 Å². The van der Waals surface area contributed by atoms with Gasteiger partial charge in [-0.3, -0.25) is 9.59 Å². The molecular weight excluding hydrogens is 312 g/mol. The number of aryl methyl sites for hydroxylation is 1. The van der Waals surface area contributed by atoms with Crippen molar-refractivity contribution in [1.29, 1.82) is 0 Å². The van der Waals surface area contributed by atoms with Gasteiger partial charge in [-0.2, -0.15) is 0 Å². The zero-order valence-electron chi connectivity index (χ0n) is 13.2. The summed E-state index contributed by atoms with van der Waals surface area (Å²) < 4.78 is 5.40. The Morgan fingerprint density at radius 1 is 1.13 bits per heavy atom. The molecule has 0 bridgehead atoms. The number of nitrogens with one attached hydrogen (secondary N) is 2. The van der Waals surface area contributed by atoms with Gasteiger partial charge < -0.3 is 15.4 Å². The highest BCUT2D eigenvalue weighted by molar-refractivity contribution is 7.17. The first kappa shape index (κ1) is 15.1. The van der Waals surface area contributed by atoms with Crippen LogP contribution in [-0.4, -0.2) is 31.1 Å². The van der Waals surface area contributed by atoms with Gasteiger partial charge in [0, 0.05) is 17.5 Å². The fraction of sp³-hybridized carbons (Fsp3) is 0.647. The highest BCUT2D eigenvalue weighted by atomic mass is 32.1. The van der Waals surface area contributed by atoms with Gasteiger partial charge in [-0.1, -0.05) is 0 Å². The van der Waals surface area contributed by atoms with E-state index in [0.29, 0.717) is 12.6 Å². The van der Waals surface area contributed by atoms with Gasteiger partial charge in [0.05, 0.1) is 18.1 Å². The summed E-state index contributed by atoms with van der Waals surface area (Å²) in [5, 5.41) is 6.83. The third-order valence-corrected chi connectivity index (χ3v) is 6.04. The SMILES string of the molecule is O=C(NC1CC1)c1c(NC(=O)C2CCCOC2)sc2c1CCC2. The number of hydrogen-bond donors (Lipinski definition) is 2. The molecule has 1 unspecified atom stereocenters. The molecule has 2 heterocycles. The lowest BCUT2D eigenvalue weighted by Gasteiger charge is -2.21. The molecule has 23 heavy (non-hydrogen) atoms. The van der Waals surface area contributed by atoms with E-state index in [2.05, 4.69) is 10.6 Å². The Hall–Kier alpha value is -1.40. The van der Waals surface area contributed by atoms with Crippen molar-refractivity contribution in [3.05, 3.63) is 16.0 Å². The Kier molecular flexibility index (Phi) is 4.11. The van der Waals surface area contributed by atoms with E-state index in [1.807, 2.05) is 0 Å². The van der Waals surface area contributed by atoms with E-state index >= 15 is 0 Å². The maximum atomic E-state index is 12.6. The number of carbonyl (C=O) groups is 2. The predicted molar refractivity (Wildman–Crippen MR) is 89.0 cm³/mol. The first-order chi connectivity index (χ1) is 11.2. The highest BCUT2D eigenvalue weighted by Gasteiger charge is 2.32. The molecule has 2 amide bonds. The van der Waals surface area contributed by atoms with Gasteiger partial charge in [-0.25, -0.2) is 0 Å². The topological polar surface area (TPSA) is 67.4 Å². The second-order valence-electron chi connectivity index (χ2n) is 6.71. The van der Waals surface area contributed by atoms with E-state index < -0.39 is 0 Å². The molecule has 124 valence electrons. The standard InChI is InChI=1S/C17H22N2O3S/c20-15(10-3-2-8-22-9-10)19-17-14(16(21)18-11-6-7-11)12-4-1-5-13(12)23-17/h10-11H,1-9H2,(H,18,21)(H,19,20). The lowest BCUT2D eigenvalue weighted by molar-refractivity contribution is -0.123. The van der Waals surface area contributed by atoms with Crippen molar-refractivity contribution in [2.75, 3.05) is 18.5 Å². The molecule has 1 aromatic rings. The summed E-state index contributed by atoms with van der Waals surface area (Å²) in [6, 6.07) is 0.328. The van der Waals surface area contributed by atoms with E-state index in [4.69, 9.17) is 4.74 Å². The summed E-state index contributed by atoms with van der Waals surface area (Å²) in [7, 11) is 0. The van der Waals surface area contributed by atoms with Crippen molar-refractivity contribution in [2.45, 2.75) is 51.0 Å². The molecule has 5 nitrogen and oxygen atoms in total. The smallest absolute Gasteiger partial charge is 0.254 e. The minimum Gasteiger partial charge on any atom is -0.381 e. The number of carbonyl (C=O) groups excluding carboxylic acids is 2. The van der Waals surface area contributed by atoms with Crippen molar-refractivity contribution >= 4 is 28.2 Å². The zero-order valence-corrected chi connectivity index (χ0v) is 14.0. The van der Waals surface area contributed by atoms with E-state index in [0.717, 1.165) is 67.7 Å². The van der Waals surface area contributed by atoms with Gasteiger partial charge in [0.1, 0.15) is 5.00 Å². The maximum absolute atomic E-state index is 12.6. The Labute approximate surface area is 139 Å². The Balaban J connectivity index is 1.54. The quantitative estimate of drug-likeness (QED) is 0.889. The average molecular weight is 334 g/mol. The zero-order chi connectivity index (χ0) is 15.8. The molecule has 1 aromatic heterocycles. The monoisotopic (exact) mass is 334 g/mol. The molecule has 0 radical (unpaired) electrons. The van der Waals surface area contributed by atoms with Crippen LogP contribution in [0.25, 0.3) is 0 Å². The minimum atomic E-state index is -0.0972. The summed E-state index contributed by atoms with van der Waals surface area (Å²) >= 11 is 1.58. The van der Waals surface area contributed by atoms with Crippen LogP contribution in [0.1, 0.15) is 52.9 Å². The van der Waals surface area contributed by atoms with Crippen LogP contribution < -0.4 is 10.6 Å². The van der Waals surface area contributed by atoms with Gasteiger partial charge in [0.15, 0.2) is 0 Å². The van der Waals surface area contributed by atoms with Crippen molar-refractivity contribution < 1.29 is 14.3 Å². The van der Waals surface area contributed by atoms with Gasteiger partial charge in [0.25, 0.3) is 5.91 Å². The first-order valence-corrected chi connectivity index (χ1v) is 9.38. The van der Waals surface area contributed by atoms with E-state index in [1.165, 1.54) is 4.88 Å². The third kappa shape index (κ3) is 3.15. The second-order valence-corrected chi connectivity index (χ2v) is 7.82. The highest BCUT2D eigenvalue weighted by Crippen LogP contribution is 2.39. The molecule has 1 saturated carbocycles. The van der Waals surface area contributed by atoms with Crippen molar-refractivity contribution in [1.82, 2.24) is 5.32 Å². The molecule has 4 rings (SSSR count). The molecule has 1 aliphatic heterocycles. The molecule has 6 heteroatoms. The van der Waals surface area contributed by atoms with Crippen LogP contribution in [0.2, 0.25) is 0 Å². The minimum absolute atomic E-state index is 0.00917. The molecule has 1 saturated heterocycles. The normalized spacial score (nSPS) is 23.4. The average Bonchev–Trinajstić information content (AvgIpc) is 3.14. The molecule has 0 spiro atoms. The van der Waals surface area contributed by atoms with Crippen molar-refractivity contribution in [3.8, 4) is 0 Å². The largest absolute Gasteiger partial charge is 0.381 e. The van der Waals surface area contributed by atoms with Crippen LogP contribution in [0.5, 0.6) is 0 Å². The molecule has 2 N–H and O–H groups in total. The van der Waals surface area contributed by atoms with Crippen LogP contribution in [0, 0.1) is 5.92 Å². The van der Waals surface area contributed by atoms with Gasteiger partial charge in [-0.15, -0.1) is 11.3 Å². The number of thiophene rings is 1. The Morgan fingerprint density at radius 3 is 2.74 bits per heavy atom. The molecular formula is C17H22N2O3S. The Bertz CT molecular complexity index is 630. The molecule has 3 aliphatic rings. The van der Waals surface area contributed by atoms with Crippen LogP contribution >= 0.6 is 11.3 Å². The Morgan fingerprint density at radius 2 is 2.00 bits per heavy atom. The number of amides is 2. The summed E-state index contributed by atoms with van der Waals surface area (Å²) in [6.45, 7) is 1.23. The second kappa shape index (κ2) is 6.24. The van der Waals surface area contributed by atoms with Crippen LogP contribution in [0.15, 0.2) is 0 Å². The van der Waals surface area contributed by atoms with Crippen LogP contribution in [-0.2, 0) is 22.4 Å². The summed E-state index contributed by atoms with van der Waals surface area (Å²) in [5.41, 5.74) is 1.88. The number of rotatable bonds is 4. The van der Waals surface area contributed by atoms with E-state index in [-0.39, 0.29) is 17.7 Å². The third-order valence-electron chi connectivity index (χ3n) is 4.83. The lowest BCUT2D eigenvalue weighted by Crippen LogP contribution is -2.31. The summed E-state index contributed by atoms with van der Waals surface area (Å²) in [4.78, 5) is 26.4. The summed E-state index contributed by atoms with van der Waals surface area (Å²) in [5.74, 6) is -0.118. The van der Waals surface area contributed by atoms with Crippen molar-refractivity contribution in [2.24, 2.45) is 5.92 Å². The van der Waals surface area contributed by atoms with Gasteiger partial charge in [0.2, 0.25) is 5.91 Å². The molecule has 2 aliphatic carbocycles. The molecule has 0 aromatic carbocycles. The van der Waals surface area contributed by atoms with Crippen molar-refractivity contribution in [3.63, 3.8) is 0 Å². The van der Waals surface area contributed by atoms with Crippen LogP contribution in [0.4, 0.5) is 5.00 Å². The molecule has 2 fully saturated rings. The first-order valence-electron chi connectivity index (χ1n) is 8.56. The fourth-order valence-electron chi connectivity index (χ4n) is 3.38. The maximum Gasteiger partial charge on any atom is 0.254 e.